The van der Waals surface area contributed by atoms with Gasteiger partial charge in [-0.05, 0) is 43.5 Å². The summed E-state index contributed by atoms with van der Waals surface area (Å²) in [5.41, 5.74) is 3.68. The Labute approximate surface area is 171 Å². The summed E-state index contributed by atoms with van der Waals surface area (Å²) in [5.74, 6) is 0.0187. The van der Waals surface area contributed by atoms with Gasteiger partial charge in [-0.1, -0.05) is 34.3 Å². The summed E-state index contributed by atoms with van der Waals surface area (Å²) in [4.78, 5) is 22.1. The van der Waals surface area contributed by atoms with Crippen LogP contribution in [0.15, 0.2) is 47.4 Å². The number of sulfonamides is 1. The van der Waals surface area contributed by atoms with Crippen LogP contribution in [0.25, 0.3) is 0 Å². The van der Waals surface area contributed by atoms with E-state index in [-0.39, 0.29) is 16.8 Å². The number of nitrogens with zero attached hydrogens (tertiary/aromatic N) is 3. The van der Waals surface area contributed by atoms with E-state index in [0.29, 0.717) is 12.2 Å². The Bertz CT molecular complexity index is 1040. The van der Waals surface area contributed by atoms with Gasteiger partial charge in [0, 0.05) is 13.6 Å². The van der Waals surface area contributed by atoms with Gasteiger partial charge in [-0.15, -0.1) is 0 Å². The number of fused-ring (bicyclic) bond motifs is 3. The summed E-state index contributed by atoms with van der Waals surface area (Å²) < 4.78 is 26.3. The van der Waals surface area contributed by atoms with Crippen LogP contribution in [0.3, 0.4) is 0 Å². The number of carbonyl (C=O) groups excluding carboxylic acids is 1. The van der Waals surface area contributed by atoms with Gasteiger partial charge in [-0.25, -0.2) is 8.42 Å². The van der Waals surface area contributed by atoms with Crippen molar-refractivity contribution in [2.24, 2.45) is 0 Å². The second-order valence-corrected chi connectivity index (χ2v) is 9.45. The van der Waals surface area contributed by atoms with Crippen molar-refractivity contribution in [2.45, 2.75) is 37.2 Å². The highest BCUT2D eigenvalue weighted by Gasteiger charge is 2.41. The van der Waals surface area contributed by atoms with Gasteiger partial charge < -0.3 is 9.80 Å². The standard InChI is InChI=1S/C21H25N3O4S/c1-15-6-8-16(9-7-15)14-24-20-13-17(29(26,27)22(2)28-3)10-11-18(20)23-12-4-5-19(23)21(24)25/h6-11,13,19H,4-5,12,14H2,1-3H3/t19-/m0/s1. The number of anilines is 2. The summed E-state index contributed by atoms with van der Waals surface area (Å²) in [7, 11) is -1.16. The summed E-state index contributed by atoms with van der Waals surface area (Å²) in [6, 6.07) is 12.8. The van der Waals surface area contributed by atoms with Gasteiger partial charge in [0.1, 0.15) is 6.04 Å². The lowest BCUT2D eigenvalue weighted by atomic mass is 10.0. The maximum Gasteiger partial charge on any atom is 0.264 e. The van der Waals surface area contributed by atoms with E-state index < -0.39 is 10.0 Å². The highest BCUT2D eigenvalue weighted by molar-refractivity contribution is 7.89. The molecule has 0 aromatic heterocycles. The fraction of sp³-hybridized carbons (Fsp3) is 0.381. The molecule has 8 heteroatoms. The summed E-state index contributed by atoms with van der Waals surface area (Å²) in [6.45, 7) is 3.22. The first-order valence-corrected chi connectivity index (χ1v) is 11.1. The van der Waals surface area contributed by atoms with Crippen LogP contribution in [0.5, 0.6) is 0 Å². The van der Waals surface area contributed by atoms with Crippen molar-refractivity contribution >= 4 is 27.3 Å². The second-order valence-electron chi connectivity index (χ2n) is 7.51. The van der Waals surface area contributed by atoms with Gasteiger partial charge in [-0.3, -0.25) is 9.63 Å². The smallest absolute Gasteiger partial charge is 0.264 e. The normalized spacial score (nSPS) is 18.9. The van der Waals surface area contributed by atoms with Crippen LogP contribution >= 0.6 is 0 Å². The molecule has 0 radical (unpaired) electrons. The Morgan fingerprint density at radius 1 is 1.14 bits per heavy atom. The first-order valence-electron chi connectivity index (χ1n) is 9.63. The number of hydrogen-bond acceptors (Lipinski definition) is 5. The molecular formula is C21H25N3O4S. The summed E-state index contributed by atoms with van der Waals surface area (Å²) in [5, 5.41) is 0. The second kappa shape index (κ2) is 7.44. The lowest BCUT2D eigenvalue weighted by Crippen LogP contribution is -2.50. The van der Waals surface area contributed by atoms with Crippen molar-refractivity contribution in [1.29, 1.82) is 0 Å². The molecule has 0 saturated carbocycles. The molecule has 1 fully saturated rings. The highest BCUT2D eigenvalue weighted by atomic mass is 32.2. The fourth-order valence-corrected chi connectivity index (χ4v) is 5.01. The number of hydrogen-bond donors (Lipinski definition) is 0. The fourth-order valence-electron chi connectivity index (χ4n) is 4.02. The van der Waals surface area contributed by atoms with E-state index in [0.717, 1.165) is 40.7 Å². The SMILES string of the molecule is CON(C)S(=O)(=O)c1ccc2c(c1)N(Cc1ccc(C)cc1)C(=O)[C@@H]1CCCN21. The van der Waals surface area contributed by atoms with Crippen molar-refractivity contribution in [3.63, 3.8) is 0 Å². The van der Waals surface area contributed by atoms with E-state index in [1.807, 2.05) is 31.2 Å². The molecule has 29 heavy (non-hydrogen) atoms. The number of aryl methyl sites for hydroxylation is 1. The van der Waals surface area contributed by atoms with E-state index >= 15 is 0 Å². The average Bonchev–Trinajstić information content (AvgIpc) is 3.21. The van der Waals surface area contributed by atoms with Crippen LogP contribution in [0.4, 0.5) is 11.4 Å². The van der Waals surface area contributed by atoms with Crippen molar-refractivity contribution in [2.75, 3.05) is 30.5 Å². The number of rotatable bonds is 5. The van der Waals surface area contributed by atoms with Crippen LogP contribution in [0, 0.1) is 6.92 Å². The third-order valence-corrected chi connectivity index (χ3v) is 7.38. The van der Waals surface area contributed by atoms with E-state index in [4.69, 9.17) is 4.84 Å². The monoisotopic (exact) mass is 415 g/mol. The molecule has 0 bridgehead atoms. The molecule has 7 nitrogen and oxygen atoms in total. The quantitative estimate of drug-likeness (QED) is 0.703. The Morgan fingerprint density at radius 2 is 1.86 bits per heavy atom. The number of hydroxylamine groups is 1. The maximum absolute atomic E-state index is 13.3. The van der Waals surface area contributed by atoms with Crippen LogP contribution < -0.4 is 9.80 Å². The molecule has 2 aromatic carbocycles. The zero-order valence-corrected chi connectivity index (χ0v) is 17.6. The predicted molar refractivity (Wildman–Crippen MR) is 111 cm³/mol. The molecule has 2 aliphatic heterocycles. The number of benzene rings is 2. The Morgan fingerprint density at radius 3 is 2.55 bits per heavy atom. The third kappa shape index (κ3) is 3.41. The average molecular weight is 416 g/mol. The first-order chi connectivity index (χ1) is 13.8. The molecule has 1 atom stereocenters. The molecule has 0 spiro atoms. The number of amides is 1. The molecule has 4 rings (SSSR count). The lowest BCUT2D eigenvalue weighted by molar-refractivity contribution is -0.120. The molecule has 0 unspecified atom stereocenters. The van der Waals surface area contributed by atoms with Gasteiger partial charge in [0.15, 0.2) is 0 Å². The van der Waals surface area contributed by atoms with E-state index in [1.54, 1.807) is 23.1 Å². The van der Waals surface area contributed by atoms with Crippen molar-refractivity contribution in [3.05, 3.63) is 53.6 Å². The minimum atomic E-state index is -3.81. The highest BCUT2D eigenvalue weighted by Crippen LogP contribution is 2.42. The van der Waals surface area contributed by atoms with Crippen molar-refractivity contribution in [1.82, 2.24) is 4.47 Å². The molecule has 154 valence electrons. The van der Waals surface area contributed by atoms with Gasteiger partial charge in [-0.2, -0.15) is 0 Å². The molecule has 1 amide bonds. The third-order valence-electron chi connectivity index (χ3n) is 5.71. The molecule has 2 heterocycles. The van der Waals surface area contributed by atoms with Crippen molar-refractivity contribution in [3.8, 4) is 0 Å². The Balaban J connectivity index is 1.80. The molecular weight excluding hydrogens is 390 g/mol. The molecule has 1 saturated heterocycles. The van der Waals surface area contributed by atoms with E-state index in [9.17, 15) is 13.2 Å². The van der Waals surface area contributed by atoms with Gasteiger partial charge >= 0.3 is 0 Å². The first kappa shape index (κ1) is 19.9. The van der Waals surface area contributed by atoms with Crippen LogP contribution in [-0.4, -0.2) is 45.5 Å². The Kier molecular flexibility index (Phi) is 5.10. The number of carbonyl (C=O) groups is 1. The topological polar surface area (TPSA) is 70.2 Å². The van der Waals surface area contributed by atoms with E-state index in [1.165, 1.54) is 14.2 Å². The largest absolute Gasteiger partial charge is 0.358 e. The minimum Gasteiger partial charge on any atom is -0.358 e. The Hall–Kier alpha value is -2.42. The lowest BCUT2D eigenvalue weighted by Gasteiger charge is -2.40. The zero-order chi connectivity index (χ0) is 20.8. The van der Waals surface area contributed by atoms with Crippen molar-refractivity contribution < 1.29 is 18.0 Å². The summed E-state index contributed by atoms with van der Waals surface area (Å²) in [6.07, 6.45) is 1.76. The van der Waals surface area contributed by atoms with Crippen LogP contribution in [-0.2, 0) is 26.2 Å². The molecule has 2 aliphatic rings. The van der Waals surface area contributed by atoms with Crippen LogP contribution in [0.1, 0.15) is 24.0 Å². The predicted octanol–water partition coefficient (Wildman–Crippen LogP) is 2.69. The van der Waals surface area contributed by atoms with Gasteiger partial charge in [0.05, 0.1) is 29.9 Å². The van der Waals surface area contributed by atoms with Gasteiger partial charge in [0.25, 0.3) is 10.0 Å². The zero-order valence-electron chi connectivity index (χ0n) is 16.8. The maximum atomic E-state index is 13.3. The molecule has 0 aliphatic carbocycles. The molecule has 2 aromatic rings. The van der Waals surface area contributed by atoms with Gasteiger partial charge in [0.2, 0.25) is 5.91 Å². The van der Waals surface area contributed by atoms with E-state index in [2.05, 4.69) is 4.90 Å². The van der Waals surface area contributed by atoms with Crippen LogP contribution in [0.2, 0.25) is 0 Å². The summed E-state index contributed by atoms with van der Waals surface area (Å²) >= 11 is 0. The molecule has 0 N–H and O–H groups in total. The minimum absolute atomic E-state index is 0.0187.